The summed E-state index contributed by atoms with van der Waals surface area (Å²) in [4.78, 5) is 11.1. The Kier molecular flexibility index (Phi) is 5.83. The van der Waals surface area contributed by atoms with Crippen LogP contribution in [0.5, 0.6) is 5.75 Å². The van der Waals surface area contributed by atoms with E-state index in [2.05, 4.69) is 11.4 Å². The number of carbonyl (C=O) groups is 1. The van der Waals surface area contributed by atoms with Gasteiger partial charge < -0.3 is 15.2 Å². The third-order valence-corrected chi connectivity index (χ3v) is 2.70. The van der Waals surface area contributed by atoms with E-state index in [1.165, 1.54) is 0 Å². The van der Waals surface area contributed by atoms with Crippen LogP contribution >= 0.6 is 0 Å². The van der Waals surface area contributed by atoms with Crippen molar-refractivity contribution in [1.82, 2.24) is 5.32 Å². The molecule has 1 aromatic carbocycles. The van der Waals surface area contributed by atoms with Crippen LogP contribution < -0.4 is 10.1 Å². The fourth-order valence-electron chi connectivity index (χ4n) is 1.99. The number of aliphatic carboxylic acids is 1. The van der Waals surface area contributed by atoms with Crippen molar-refractivity contribution >= 4 is 5.97 Å². The molecule has 1 unspecified atom stereocenters. The molecule has 0 spiro atoms. The third kappa shape index (κ3) is 5.75. The van der Waals surface area contributed by atoms with Gasteiger partial charge in [0.1, 0.15) is 11.8 Å². The molecule has 0 radical (unpaired) electrons. The summed E-state index contributed by atoms with van der Waals surface area (Å²) >= 11 is 0. The molecule has 0 aliphatic heterocycles. The van der Waals surface area contributed by atoms with Crippen LogP contribution in [0.3, 0.4) is 0 Å². The minimum Gasteiger partial charge on any atom is -0.494 e. The van der Waals surface area contributed by atoms with E-state index in [0.29, 0.717) is 13.0 Å². The summed E-state index contributed by atoms with van der Waals surface area (Å²) in [5, 5.41) is 12.1. The lowest BCUT2D eigenvalue weighted by molar-refractivity contribution is -0.140. The molecule has 0 bridgehead atoms. The third-order valence-electron chi connectivity index (χ3n) is 2.70. The largest absolute Gasteiger partial charge is 0.494 e. The standard InChI is InChI=1S/C15H23NO3/c1-10(2)16-14(15(17)18)5-6-19-13-8-11(3)7-12(4)9-13/h7-10,14,16H,5-6H2,1-4H3,(H,17,18). The molecule has 0 aromatic heterocycles. The van der Waals surface area contributed by atoms with Crippen molar-refractivity contribution in [1.29, 1.82) is 0 Å². The zero-order valence-corrected chi connectivity index (χ0v) is 12.1. The van der Waals surface area contributed by atoms with Crippen molar-refractivity contribution in [3.8, 4) is 5.75 Å². The van der Waals surface area contributed by atoms with Crippen LogP contribution in [-0.2, 0) is 4.79 Å². The minimum absolute atomic E-state index is 0.141. The Morgan fingerprint density at radius 1 is 1.26 bits per heavy atom. The lowest BCUT2D eigenvalue weighted by Crippen LogP contribution is -2.41. The number of nitrogens with one attached hydrogen (secondary N) is 1. The van der Waals surface area contributed by atoms with Gasteiger partial charge in [-0.05, 0) is 37.1 Å². The molecule has 1 aromatic rings. The van der Waals surface area contributed by atoms with E-state index >= 15 is 0 Å². The first-order chi connectivity index (χ1) is 8.88. The topological polar surface area (TPSA) is 58.6 Å². The highest BCUT2D eigenvalue weighted by Crippen LogP contribution is 2.16. The molecule has 0 aliphatic carbocycles. The number of carboxylic acid groups (broad SMARTS) is 1. The van der Waals surface area contributed by atoms with Crippen molar-refractivity contribution in [2.24, 2.45) is 0 Å². The highest BCUT2D eigenvalue weighted by atomic mass is 16.5. The number of hydrogen-bond donors (Lipinski definition) is 2. The van der Waals surface area contributed by atoms with Crippen LogP contribution in [0.15, 0.2) is 18.2 Å². The fourth-order valence-corrected chi connectivity index (χ4v) is 1.99. The second kappa shape index (κ2) is 7.14. The van der Waals surface area contributed by atoms with Gasteiger partial charge in [-0.1, -0.05) is 19.9 Å². The molecule has 4 nitrogen and oxygen atoms in total. The summed E-state index contributed by atoms with van der Waals surface area (Å²) in [5.74, 6) is -0.0380. The second-order valence-electron chi connectivity index (χ2n) is 5.17. The van der Waals surface area contributed by atoms with Gasteiger partial charge in [0, 0.05) is 12.5 Å². The van der Waals surface area contributed by atoms with Gasteiger partial charge in [-0.25, -0.2) is 0 Å². The van der Waals surface area contributed by atoms with Crippen LogP contribution in [0.1, 0.15) is 31.4 Å². The summed E-state index contributed by atoms with van der Waals surface area (Å²) in [6, 6.07) is 5.57. The van der Waals surface area contributed by atoms with Gasteiger partial charge in [0.25, 0.3) is 0 Å². The Balaban J connectivity index is 2.49. The zero-order chi connectivity index (χ0) is 14.4. The molecule has 19 heavy (non-hydrogen) atoms. The Morgan fingerprint density at radius 2 is 1.84 bits per heavy atom. The molecule has 4 heteroatoms. The first kappa shape index (κ1) is 15.5. The molecular weight excluding hydrogens is 242 g/mol. The molecule has 0 saturated heterocycles. The maximum Gasteiger partial charge on any atom is 0.320 e. The summed E-state index contributed by atoms with van der Waals surface area (Å²) < 4.78 is 5.63. The first-order valence-electron chi connectivity index (χ1n) is 6.58. The van der Waals surface area contributed by atoms with Gasteiger partial charge in [-0.15, -0.1) is 0 Å². The normalized spacial score (nSPS) is 12.5. The van der Waals surface area contributed by atoms with E-state index in [4.69, 9.17) is 9.84 Å². The summed E-state index contributed by atoms with van der Waals surface area (Å²) in [7, 11) is 0. The van der Waals surface area contributed by atoms with Gasteiger partial charge in [-0.3, -0.25) is 4.79 Å². The molecule has 2 N–H and O–H groups in total. The maximum atomic E-state index is 11.1. The molecule has 0 heterocycles. The Bertz CT molecular complexity index is 409. The Morgan fingerprint density at radius 3 is 2.32 bits per heavy atom. The molecular formula is C15H23NO3. The van der Waals surface area contributed by atoms with Gasteiger partial charge in [-0.2, -0.15) is 0 Å². The molecule has 0 fully saturated rings. The number of benzene rings is 1. The van der Waals surface area contributed by atoms with E-state index in [9.17, 15) is 4.79 Å². The first-order valence-corrected chi connectivity index (χ1v) is 6.58. The number of rotatable bonds is 7. The van der Waals surface area contributed by atoms with E-state index in [0.717, 1.165) is 16.9 Å². The molecule has 0 aliphatic rings. The second-order valence-corrected chi connectivity index (χ2v) is 5.17. The van der Waals surface area contributed by atoms with Gasteiger partial charge in [0.05, 0.1) is 6.61 Å². The van der Waals surface area contributed by atoms with Crippen LogP contribution in [-0.4, -0.2) is 29.8 Å². The number of carboxylic acids is 1. The van der Waals surface area contributed by atoms with Gasteiger partial charge in [0.15, 0.2) is 0 Å². The quantitative estimate of drug-likeness (QED) is 0.795. The molecule has 1 rings (SSSR count). The van der Waals surface area contributed by atoms with Crippen molar-refractivity contribution in [2.75, 3.05) is 6.61 Å². The van der Waals surface area contributed by atoms with E-state index in [1.54, 1.807) is 0 Å². The number of aryl methyl sites for hydroxylation is 2. The van der Waals surface area contributed by atoms with Crippen molar-refractivity contribution in [3.63, 3.8) is 0 Å². The predicted octanol–water partition coefficient (Wildman–Crippen LogP) is 2.52. The minimum atomic E-state index is -0.835. The van der Waals surface area contributed by atoms with E-state index in [1.807, 2.05) is 39.8 Å². The Labute approximate surface area is 114 Å². The lowest BCUT2D eigenvalue weighted by atomic mass is 10.1. The van der Waals surface area contributed by atoms with Crippen LogP contribution in [0.25, 0.3) is 0 Å². The van der Waals surface area contributed by atoms with Gasteiger partial charge >= 0.3 is 5.97 Å². The molecule has 0 saturated carbocycles. The fraction of sp³-hybridized carbons (Fsp3) is 0.533. The van der Waals surface area contributed by atoms with E-state index < -0.39 is 12.0 Å². The average Bonchev–Trinajstić information content (AvgIpc) is 2.25. The summed E-state index contributed by atoms with van der Waals surface area (Å²) in [6.45, 7) is 8.28. The lowest BCUT2D eigenvalue weighted by Gasteiger charge is -2.17. The highest BCUT2D eigenvalue weighted by Gasteiger charge is 2.17. The number of ether oxygens (including phenoxy) is 1. The zero-order valence-electron chi connectivity index (χ0n) is 12.1. The molecule has 106 valence electrons. The SMILES string of the molecule is Cc1cc(C)cc(OCCC(NC(C)C)C(=O)O)c1. The van der Waals surface area contributed by atoms with Crippen molar-refractivity contribution in [2.45, 2.75) is 46.2 Å². The van der Waals surface area contributed by atoms with Crippen LogP contribution in [0.2, 0.25) is 0 Å². The van der Waals surface area contributed by atoms with Crippen molar-refractivity contribution < 1.29 is 14.6 Å². The molecule has 1 atom stereocenters. The maximum absolute atomic E-state index is 11.1. The summed E-state index contributed by atoms with van der Waals surface area (Å²) in [6.07, 6.45) is 0.445. The van der Waals surface area contributed by atoms with Crippen LogP contribution in [0.4, 0.5) is 0 Å². The predicted molar refractivity (Wildman–Crippen MR) is 75.7 cm³/mol. The average molecular weight is 265 g/mol. The summed E-state index contributed by atoms with van der Waals surface area (Å²) in [5.41, 5.74) is 2.29. The Hall–Kier alpha value is -1.55. The van der Waals surface area contributed by atoms with Crippen LogP contribution in [0, 0.1) is 13.8 Å². The molecule has 0 amide bonds. The van der Waals surface area contributed by atoms with Gasteiger partial charge in [0.2, 0.25) is 0 Å². The smallest absolute Gasteiger partial charge is 0.320 e. The highest BCUT2D eigenvalue weighted by molar-refractivity contribution is 5.73. The van der Waals surface area contributed by atoms with Crippen molar-refractivity contribution in [3.05, 3.63) is 29.3 Å². The van der Waals surface area contributed by atoms with E-state index in [-0.39, 0.29) is 6.04 Å². The monoisotopic (exact) mass is 265 g/mol. The number of hydrogen-bond acceptors (Lipinski definition) is 3.